The van der Waals surface area contributed by atoms with Gasteiger partial charge in [-0.1, -0.05) is 27.7 Å². The third-order valence-electron chi connectivity index (χ3n) is 2.48. The summed E-state index contributed by atoms with van der Waals surface area (Å²) in [7, 11) is 0. The fourth-order valence-corrected chi connectivity index (χ4v) is 2.76. The Kier molecular flexibility index (Phi) is 4.20. The molecule has 2 aromatic rings. The average Bonchev–Trinajstić information content (AvgIpc) is 2.32. The quantitative estimate of drug-likeness (QED) is 0.938. The van der Waals surface area contributed by atoms with Gasteiger partial charge < -0.3 is 5.73 Å². The number of benzene rings is 1. The summed E-state index contributed by atoms with van der Waals surface area (Å²) in [6.45, 7) is 2.59. The lowest BCUT2D eigenvalue weighted by molar-refractivity contribution is 0.943. The van der Waals surface area contributed by atoms with E-state index in [2.05, 4.69) is 40.0 Å². The van der Waals surface area contributed by atoms with E-state index >= 15 is 0 Å². The molecular formula is C13H13BrN2S. The maximum absolute atomic E-state index is 5.77. The maximum atomic E-state index is 5.77. The zero-order valence-corrected chi connectivity index (χ0v) is 11.9. The molecule has 4 heteroatoms. The van der Waals surface area contributed by atoms with E-state index in [4.69, 9.17) is 5.73 Å². The molecule has 2 rings (SSSR count). The lowest BCUT2D eigenvalue weighted by Gasteiger charge is -2.09. The van der Waals surface area contributed by atoms with Gasteiger partial charge in [0.15, 0.2) is 0 Å². The average molecular weight is 309 g/mol. The van der Waals surface area contributed by atoms with Crippen LogP contribution >= 0.6 is 27.7 Å². The standard InChI is InChI=1S/C13H13BrN2S/c1-9-6-7-16-13(12(9)8-15)17-11-4-2-10(14)3-5-11/h2-7H,8,15H2,1H3. The van der Waals surface area contributed by atoms with Gasteiger partial charge in [-0.15, -0.1) is 0 Å². The molecule has 0 unspecified atom stereocenters. The molecule has 0 radical (unpaired) electrons. The summed E-state index contributed by atoms with van der Waals surface area (Å²) < 4.78 is 1.08. The minimum absolute atomic E-state index is 0.526. The van der Waals surface area contributed by atoms with Crippen LogP contribution in [0.5, 0.6) is 0 Å². The molecule has 88 valence electrons. The Hall–Kier alpha value is -0.840. The van der Waals surface area contributed by atoms with E-state index in [1.54, 1.807) is 11.8 Å². The first-order valence-corrected chi connectivity index (χ1v) is 6.89. The van der Waals surface area contributed by atoms with Crippen LogP contribution in [0.2, 0.25) is 0 Å². The number of halogens is 1. The zero-order chi connectivity index (χ0) is 12.3. The lowest BCUT2D eigenvalue weighted by atomic mass is 10.2. The summed E-state index contributed by atoms with van der Waals surface area (Å²) in [5.74, 6) is 0. The fourth-order valence-electron chi connectivity index (χ4n) is 1.51. The number of rotatable bonds is 3. The predicted molar refractivity (Wildman–Crippen MR) is 75.1 cm³/mol. The van der Waals surface area contributed by atoms with Gasteiger partial charge in [-0.25, -0.2) is 4.98 Å². The summed E-state index contributed by atoms with van der Waals surface area (Å²) >= 11 is 5.08. The molecule has 0 aliphatic heterocycles. The van der Waals surface area contributed by atoms with Crippen LogP contribution < -0.4 is 5.73 Å². The Morgan fingerprint density at radius 1 is 1.24 bits per heavy atom. The highest BCUT2D eigenvalue weighted by molar-refractivity contribution is 9.10. The minimum Gasteiger partial charge on any atom is -0.326 e. The number of aryl methyl sites for hydroxylation is 1. The summed E-state index contributed by atoms with van der Waals surface area (Å²) in [5, 5.41) is 0.995. The Balaban J connectivity index is 2.29. The molecular weight excluding hydrogens is 296 g/mol. The van der Waals surface area contributed by atoms with Crippen molar-refractivity contribution in [1.82, 2.24) is 4.98 Å². The van der Waals surface area contributed by atoms with Crippen molar-refractivity contribution in [2.75, 3.05) is 0 Å². The first kappa shape index (κ1) is 12.6. The Labute approximate surface area is 114 Å². The van der Waals surface area contributed by atoms with E-state index in [9.17, 15) is 0 Å². The van der Waals surface area contributed by atoms with E-state index in [1.165, 1.54) is 10.5 Å². The molecule has 1 heterocycles. The molecule has 1 aromatic heterocycles. The molecule has 2 N–H and O–H groups in total. The molecule has 2 nitrogen and oxygen atoms in total. The molecule has 0 saturated carbocycles. The lowest BCUT2D eigenvalue weighted by Crippen LogP contribution is -2.02. The Bertz CT molecular complexity index is 511. The highest BCUT2D eigenvalue weighted by Crippen LogP contribution is 2.30. The van der Waals surface area contributed by atoms with Crippen LogP contribution in [0.15, 0.2) is 50.9 Å². The van der Waals surface area contributed by atoms with Gasteiger partial charge in [-0.05, 0) is 42.8 Å². The van der Waals surface area contributed by atoms with Crippen LogP contribution in [0.3, 0.4) is 0 Å². The van der Waals surface area contributed by atoms with Crippen molar-refractivity contribution in [3.8, 4) is 0 Å². The number of hydrogen-bond acceptors (Lipinski definition) is 3. The Morgan fingerprint density at radius 2 is 1.94 bits per heavy atom. The largest absolute Gasteiger partial charge is 0.326 e. The van der Waals surface area contributed by atoms with Crippen molar-refractivity contribution in [3.05, 3.63) is 52.1 Å². The number of hydrogen-bond donors (Lipinski definition) is 1. The van der Waals surface area contributed by atoms with Gasteiger partial charge >= 0.3 is 0 Å². The molecule has 0 spiro atoms. The van der Waals surface area contributed by atoms with E-state index in [0.717, 1.165) is 15.1 Å². The van der Waals surface area contributed by atoms with E-state index in [1.807, 2.05) is 24.4 Å². The van der Waals surface area contributed by atoms with Crippen LogP contribution in [0.1, 0.15) is 11.1 Å². The molecule has 0 bridgehead atoms. The summed E-state index contributed by atoms with van der Waals surface area (Å²) in [4.78, 5) is 5.57. The van der Waals surface area contributed by atoms with Gasteiger partial charge in [-0.2, -0.15) is 0 Å². The summed E-state index contributed by atoms with van der Waals surface area (Å²) in [5.41, 5.74) is 8.09. The minimum atomic E-state index is 0.526. The first-order chi connectivity index (χ1) is 8.20. The van der Waals surface area contributed by atoms with Crippen molar-refractivity contribution < 1.29 is 0 Å². The van der Waals surface area contributed by atoms with Gasteiger partial charge in [0, 0.05) is 27.7 Å². The molecule has 0 saturated heterocycles. The third-order valence-corrected chi connectivity index (χ3v) is 4.06. The number of aromatic nitrogens is 1. The third kappa shape index (κ3) is 3.09. The highest BCUT2D eigenvalue weighted by atomic mass is 79.9. The SMILES string of the molecule is Cc1ccnc(Sc2ccc(Br)cc2)c1CN. The number of nitrogens with zero attached hydrogens (tertiary/aromatic N) is 1. The Morgan fingerprint density at radius 3 is 2.59 bits per heavy atom. The van der Waals surface area contributed by atoms with Crippen LogP contribution in [0, 0.1) is 6.92 Å². The van der Waals surface area contributed by atoms with Gasteiger partial charge in [-0.3, -0.25) is 0 Å². The van der Waals surface area contributed by atoms with E-state index in [-0.39, 0.29) is 0 Å². The van der Waals surface area contributed by atoms with Crippen molar-refractivity contribution in [1.29, 1.82) is 0 Å². The topological polar surface area (TPSA) is 38.9 Å². The molecule has 0 atom stereocenters. The van der Waals surface area contributed by atoms with Gasteiger partial charge in [0.2, 0.25) is 0 Å². The normalized spacial score (nSPS) is 10.5. The van der Waals surface area contributed by atoms with Gasteiger partial charge in [0.1, 0.15) is 5.03 Å². The van der Waals surface area contributed by atoms with Gasteiger partial charge in [0.25, 0.3) is 0 Å². The highest BCUT2D eigenvalue weighted by Gasteiger charge is 2.07. The molecule has 17 heavy (non-hydrogen) atoms. The van der Waals surface area contributed by atoms with Crippen LogP contribution in [-0.4, -0.2) is 4.98 Å². The fraction of sp³-hybridized carbons (Fsp3) is 0.154. The second kappa shape index (κ2) is 5.67. The van der Waals surface area contributed by atoms with Crippen LogP contribution in [-0.2, 0) is 6.54 Å². The molecule has 1 aromatic carbocycles. The monoisotopic (exact) mass is 308 g/mol. The molecule has 0 fully saturated rings. The molecule has 0 aliphatic rings. The van der Waals surface area contributed by atoms with Crippen molar-refractivity contribution in [3.63, 3.8) is 0 Å². The van der Waals surface area contributed by atoms with E-state index < -0.39 is 0 Å². The molecule has 0 amide bonds. The first-order valence-electron chi connectivity index (χ1n) is 5.28. The smallest absolute Gasteiger partial charge is 0.105 e. The summed E-state index contributed by atoms with van der Waals surface area (Å²) in [6.07, 6.45) is 1.83. The van der Waals surface area contributed by atoms with Crippen molar-refractivity contribution in [2.45, 2.75) is 23.4 Å². The predicted octanol–water partition coefficient (Wildman–Crippen LogP) is 3.76. The second-order valence-corrected chi connectivity index (χ2v) is 5.65. The maximum Gasteiger partial charge on any atom is 0.105 e. The second-order valence-electron chi connectivity index (χ2n) is 3.67. The van der Waals surface area contributed by atoms with Crippen molar-refractivity contribution in [2.24, 2.45) is 5.73 Å². The number of pyridine rings is 1. The number of nitrogens with two attached hydrogens (primary N) is 1. The van der Waals surface area contributed by atoms with Gasteiger partial charge in [0.05, 0.1) is 0 Å². The van der Waals surface area contributed by atoms with Crippen molar-refractivity contribution >= 4 is 27.7 Å². The van der Waals surface area contributed by atoms with E-state index in [0.29, 0.717) is 6.54 Å². The van der Waals surface area contributed by atoms with Crippen LogP contribution in [0.25, 0.3) is 0 Å². The zero-order valence-electron chi connectivity index (χ0n) is 9.48. The molecule has 0 aliphatic carbocycles. The van der Waals surface area contributed by atoms with Crippen LogP contribution in [0.4, 0.5) is 0 Å². The summed E-state index contributed by atoms with van der Waals surface area (Å²) in [6, 6.07) is 10.2.